The first-order valence-corrected chi connectivity index (χ1v) is 7.57. The van der Waals surface area contributed by atoms with Gasteiger partial charge in [-0.1, -0.05) is 0 Å². The smallest absolute Gasteiger partial charge is 0.123 e. The Morgan fingerprint density at radius 2 is 2.10 bits per heavy atom. The number of furan rings is 1. The fraction of sp³-hybridized carbons (Fsp3) is 0.188. The standard InChI is InChI=1S/C16H15FN2OS/c1-11(15-3-2-8-20-15)18-9-14-10-21-16(19-14)12-4-6-13(17)7-5-12/h2-8,10-11,18H,9H2,1H3. The highest BCUT2D eigenvalue weighted by molar-refractivity contribution is 7.13. The molecule has 1 N–H and O–H groups in total. The number of aromatic nitrogens is 1. The number of nitrogens with one attached hydrogen (secondary N) is 1. The molecule has 1 aromatic carbocycles. The van der Waals surface area contributed by atoms with Crippen LogP contribution in [0.25, 0.3) is 10.6 Å². The van der Waals surface area contributed by atoms with Crippen LogP contribution < -0.4 is 5.32 Å². The molecule has 0 saturated heterocycles. The normalized spacial score (nSPS) is 12.5. The van der Waals surface area contributed by atoms with Crippen molar-refractivity contribution in [1.82, 2.24) is 10.3 Å². The van der Waals surface area contributed by atoms with E-state index in [1.54, 1.807) is 29.7 Å². The van der Waals surface area contributed by atoms with Crippen LogP contribution in [0.3, 0.4) is 0 Å². The van der Waals surface area contributed by atoms with E-state index in [9.17, 15) is 4.39 Å². The summed E-state index contributed by atoms with van der Waals surface area (Å²) in [7, 11) is 0. The molecule has 0 aliphatic heterocycles. The summed E-state index contributed by atoms with van der Waals surface area (Å²) >= 11 is 1.56. The fourth-order valence-corrected chi connectivity index (χ4v) is 2.83. The third-order valence-electron chi connectivity index (χ3n) is 3.20. The minimum Gasteiger partial charge on any atom is -0.468 e. The lowest BCUT2D eigenvalue weighted by Gasteiger charge is -2.09. The van der Waals surface area contributed by atoms with Gasteiger partial charge in [-0.2, -0.15) is 0 Å². The van der Waals surface area contributed by atoms with Gasteiger partial charge >= 0.3 is 0 Å². The summed E-state index contributed by atoms with van der Waals surface area (Å²) in [5, 5.41) is 6.28. The van der Waals surface area contributed by atoms with Gasteiger partial charge in [0.2, 0.25) is 0 Å². The van der Waals surface area contributed by atoms with Crippen LogP contribution in [-0.4, -0.2) is 4.98 Å². The summed E-state index contributed by atoms with van der Waals surface area (Å²) in [6.45, 7) is 2.71. The number of hydrogen-bond donors (Lipinski definition) is 1. The lowest BCUT2D eigenvalue weighted by atomic mass is 10.2. The third-order valence-corrected chi connectivity index (χ3v) is 4.14. The molecule has 3 rings (SSSR count). The Labute approximate surface area is 126 Å². The van der Waals surface area contributed by atoms with E-state index in [0.717, 1.165) is 22.0 Å². The molecular formula is C16H15FN2OS. The van der Waals surface area contributed by atoms with Crippen LogP contribution in [0.2, 0.25) is 0 Å². The maximum atomic E-state index is 12.9. The summed E-state index contributed by atoms with van der Waals surface area (Å²) in [6, 6.07) is 10.4. The number of halogens is 1. The van der Waals surface area contributed by atoms with Crippen molar-refractivity contribution in [2.75, 3.05) is 0 Å². The van der Waals surface area contributed by atoms with Gasteiger partial charge in [-0.25, -0.2) is 9.37 Å². The van der Waals surface area contributed by atoms with Gasteiger partial charge in [0.15, 0.2) is 0 Å². The van der Waals surface area contributed by atoms with Gasteiger partial charge in [0.05, 0.1) is 18.0 Å². The van der Waals surface area contributed by atoms with Gasteiger partial charge < -0.3 is 9.73 Å². The van der Waals surface area contributed by atoms with E-state index in [-0.39, 0.29) is 11.9 Å². The zero-order chi connectivity index (χ0) is 14.7. The summed E-state index contributed by atoms with van der Waals surface area (Å²) in [6.07, 6.45) is 1.67. The van der Waals surface area contributed by atoms with Crippen molar-refractivity contribution < 1.29 is 8.81 Å². The van der Waals surface area contributed by atoms with Crippen molar-refractivity contribution in [3.63, 3.8) is 0 Å². The summed E-state index contributed by atoms with van der Waals surface area (Å²) in [4.78, 5) is 4.57. The van der Waals surface area contributed by atoms with E-state index in [4.69, 9.17) is 4.42 Å². The second kappa shape index (κ2) is 6.20. The molecule has 0 saturated carbocycles. The molecule has 0 spiro atoms. The molecule has 3 nitrogen and oxygen atoms in total. The van der Waals surface area contributed by atoms with Gasteiger partial charge in [-0.3, -0.25) is 0 Å². The minimum atomic E-state index is -0.232. The highest BCUT2D eigenvalue weighted by atomic mass is 32.1. The third kappa shape index (κ3) is 3.37. The lowest BCUT2D eigenvalue weighted by molar-refractivity contribution is 0.429. The highest BCUT2D eigenvalue weighted by Gasteiger charge is 2.09. The SMILES string of the molecule is CC(NCc1csc(-c2ccc(F)cc2)n1)c1ccco1. The minimum absolute atomic E-state index is 0.135. The molecule has 0 bridgehead atoms. The van der Waals surface area contributed by atoms with Gasteiger partial charge in [0.1, 0.15) is 16.6 Å². The van der Waals surface area contributed by atoms with Gasteiger partial charge in [0, 0.05) is 17.5 Å². The first-order chi connectivity index (χ1) is 10.2. The van der Waals surface area contributed by atoms with Gasteiger partial charge in [-0.15, -0.1) is 11.3 Å². The maximum absolute atomic E-state index is 12.9. The van der Waals surface area contributed by atoms with E-state index in [1.807, 2.05) is 24.4 Å². The first kappa shape index (κ1) is 14.0. The molecule has 2 heterocycles. The Hall–Kier alpha value is -1.98. The van der Waals surface area contributed by atoms with Crippen LogP contribution in [0.5, 0.6) is 0 Å². The van der Waals surface area contributed by atoms with E-state index >= 15 is 0 Å². The summed E-state index contributed by atoms with van der Waals surface area (Å²) < 4.78 is 18.3. The number of rotatable bonds is 5. The predicted molar refractivity (Wildman–Crippen MR) is 81.5 cm³/mol. The quantitative estimate of drug-likeness (QED) is 0.759. The van der Waals surface area contributed by atoms with Crippen molar-refractivity contribution in [3.8, 4) is 10.6 Å². The molecule has 2 aromatic heterocycles. The fourth-order valence-electron chi connectivity index (χ4n) is 2.01. The van der Waals surface area contributed by atoms with Crippen molar-refractivity contribution in [2.45, 2.75) is 19.5 Å². The molecule has 5 heteroatoms. The molecule has 1 atom stereocenters. The zero-order valence-electron chi connectivity index (χ0n) is 11.5. The Bertz CT molecular complexity index is 691. The number of hydrogen-bond acceptors (Lipinski definition) is 4. The van der Waals surface area contributed by atoms with Crippen LogP contribution in [0.1, 0.15) is 24.4 Å². The molecule has 3 aromatic rings. The molecule has 0 radical (unpaired) electrons. The van der Waals surface area contributed by atoms with Crippen molar-refractivity contribution in [3.05, 3.63) is 65.3 Å². The average molecular weight is 302 g/mol. The maximum Gasteiger partial charge on any atom is 0.123 e. The number of nitrogens with zero attached hydrogens (tertiary/aromatic N) is 1. The average Bonchev–Trinajstić information content (AvgIpc) is 3.17. The molecule has 21 heavy (non-hydrogen) atoms. The van der Waals surface area contributed by atoms with Gasteiger partial charge in [0.25, 0.3) is 0 Å². The van der Waals surface area contributed by atoms with Crippen LogP contribution >= 0.6 is 11.3 Å². The van der Waals surface area contributed by atoms with Crippen LogP contribution in [-0.2, 0) is 6.54 Å². The number of thiazole rings is 1. The molecule has 0 fully saturated rings. The van der Waals surface area contributed by atoms with Crippen LogP contribution in [0, 0.1) is 5.82 Å². The van der Waals surface area contributed by atoms with E-state index in [2.05, 4.69) is 10.3 Å². The van der Waals surface area contributed by atoms with E-state index in [0.29, 0.717) is 6.54 Å². The molecule has 1 unspecified atom stereocenters. The Kier molecular flexibility index (Phi) is 4.13. The van der Waals surface area contributed by atoms with Gasteiger partial charge in [-0.05, 0) is 43.3 Å². The van der Waals surface area contributed by atoms with Crippen LogP contribution in [0.15, 0.2) is 52.5 Å². The van der Waals surface area contributed by atoms with Crippen molar-refractivity contribution >= 4 is 11.3 Å². The summed E-state index contributed by atoms with van der Waals surface area (Å²) in [5.41, 5.74) is 1.91. The van der Waals surface area contributed by atoms with E-state index in [1.165, 1.54) is 12.1 Å². The molecule has 0 amide bonds. The zero-order valence-corrected chi connectivity index (χ0v) is 12.4. The van der Waals surface area contributed by atoms with E-state index < -0.39 is 0 Å². The highest BCUT2D eigenvalue weighted by Crippen LogP contribution is 2.24. The largest absolute Gasteiger partial charge is 0.468 e. The van der Waals surface area contributed by atoms with Crippen LogP contribution in [0.4, 0.5) is 4.39 Å². The van der Waals surface area contributed by atoms with Crippen molar-refractivity contribution in [2.24, 2.45) is 0 Å². The second-order valence-electron chi connectivity index (χ2n) is 4.77. The first-order valence-electron chi connectivity index (χ1n) is 6.69. The summed E-state index contributed by atoms with van der Waals surface area (Å²) in [5.74, 6) is 0.674. The molecule has 0 aliphatic rings. The molecular weight excluding hydrogens is 287 g/mol. The monoisotopic (exact) mass is 302 g/mol. The Morgan fingerprint density at radius 1 is 1.29 bits per heavy atom. The molecule has 108 valence electrons. The Morgan fingerprint density at radius 3 is 2.81 bits per heavy atom. The van der Waals surface area contributed by atoms with Crippen molar-refractivity contribution in [1.29, 1.82) is 0 Å². The number of benzene rings is 1. The lowest BCUT2D eigenvalue weighted by Crippen LogP contribution is -2.17. The second-order valence-corrected chi connectivity index (χ2v) is 5.63. The molecule has 0 aliphatic carbocycles. The predicted octanol–water partition coefficient (Wildman–Crippen LogP) is 4.39. The Balaban J connectivity index is 1.64. The topological polar surface area (TPSA) is 38.1 Å².